The molecule has 45 heavy (non-hydrogen) atoms. The van der Waals surface area contributed by atoms with Crippen LogP contribution in [-0.2, 0) is 29.0 Å². The first-order valence-corrected chi connectivity index (χ1v) is 16.0. The molecule has 0 aliphatic carbocycles. The third-order valence-electron chi connectivity index (χ3n) is 9.23. The molecule has 1 N–H and O–H groups in total. The van der Waals surface area contributed by atoms with Crippen LogP contribution in [-0.4, -0.2) is 46.2 Å². The third-order valence-corrected chi connectivity index (χ3v) is 9.23. The minimum atomic E-state index is -1.16. The third kappa shape index (κ3) is 7.23. The van der Waals surface area contributed by atoms with Crippen molar-refractivity contribution in [2.75, 3.05) is 24.5 Å². The van der Waals surface area contributed by atoms with Gasteiger partial charge < -0.3 is 14.7 Å². The first kappa shape index (κ1) is 33.0. The Hall–Kier alpha value is -3.36. The summed E-state index contributed by atoms with van der Waals surface area (Å²) in [6.45, 7) is 19.4. The molecular formula is C37H47F2N3O3. The second-order valence-electron chi connectivity index (χ2n) is 14.7. The Balaban J connectivity index is 1.55. The number of ether oxygens (including phenoxy) is 1. The minimum absolute atomic E-state index is 0.220. The van der Waals surface area contributed by atoms with Gasteiger partial charge in [0.05, 0.1) is 11.3 Å². The fraction of sp³-hybridized carbons (Fsp3) is 0.514. The maximum atomic E-state index is 14.1. The second-order valence-corrected chi connectivity index (χ2v) is 14.7. The van der Waals surface area contributed by atoms with Gasteiger partial charge in [-0.15, -0.1) is 0 Å². The summed E-state index contributed by atoms with van der Waals surface area (Å²) in [5.41, 5.74) is 8.13. The molecule has 0 spiro atoms. The van der Waals surface area contributed by atoms with Crippen LogP contribution < -0.4 is 4.90 Å². The molecule has 2 aliphatic heterocycles. The number of carboxylic acids is 1. The Labute approximate surface area is 266 Å². The van der Waals surface area contributed by atoms with Gasteiger partial charge in [0, 0.05) is 55.2 Å². The number of nitrogens with zero attached hydrogens (tertiary/aromatic N) is 3. The van der Waals surface area contributed by atoms with Crippen molar-refractivity contribution in [3.05, 3.63) is 81.2 Å². The summed E-state index contributed by atoms with van der Waals surface area (Å²) in [6, 6.07) is 9.51. The Morgan fingerprint density at radius 1 is 1.02 bits per heavy atom. The molecule has 0 bridgehead atoms. The molecule has 3 aromatic rings. The van der Waals surface area contributed by atoms with E-state index in [1.165, 1.54) is 17.2 Å². The molecule has 1 atom stereocenters. The molecule has 3 heterocycles. The van der Waals surface area contributed by atoms with Crippen molar-refractivity contribution in [2.45, 2.75) is 99.4 Å². The summed E-state index contributed by atoms with van der Waals surface area (Å²) in [6.07, 6.45) is 1.66. The second kappa shape index (κ2) is 12.4. The molecule has 242 valence electrons. The molecular weight excluding hydrogens is 572 g/mol. The summed E-state index contributed by atoms with van der Waals surface area (Å²) in [4.78, 5) is 22.3. The van der Waals surface area contributed by atoms with Crippen LogP contribution >= 0.6 is 0 Å². The van der Waals surface area contributed by atoms with Crippen molar-refractivity contribution in [1.82, 2.24) is 9.88 Å². The summed E-state index contributed by atoms with van der Waals surface area (Å²) in [5.74, 6) is -2.61. The highest BCUT2D eigenvalue weighted by Crippen LogP contribution is 2.45. The minimum Gasteiger partial charge on any atom is -0.479 e. The first-order chi connectivity index (χ1) is 21.0. The number of aromatic nitrogens is 1. The number of fused-ring (bicyclic) bond motifs is 1. The highest BCUT2D eigenvalue weighted by molar-refractivity contribution is 5.88. The van der Waals surface area contributed by atoms with E-state index in [1.54, 1.807) is 13.0 Å². The van der Waals surface area contributed by atoms with Crippen LogP contribution in [0.3, 0.4) is 0 Å². The zero-order chi connectivity index (χ0) is 32.8. The number of piperidine rings is 1. The number of carbonyl (C=O) groups is 1. The van der Waals surface area contributed by atoms with E-state index >= 15 is 0 Å². The van der Waals surface area contributed by atoms with Crippen LogP contribution in [0.1, 0.15) is 92.8 Å². The molecule has 1 aromatic heterocycles. The SMILES string of the molecule is Cc1cc(CN2CCc3cc(-c4c(C)nc(C)c(C(OC(C)(C)C)C(=O)O)c4N4CCC(C)(C)CC4)ccc3C2)cc(F)c1F. The van der Waals surface area contributed by atoms with E-state index in [2.05, 4.69) is 41.8 Å². The van der Waals surface area contributed by atoms with Gasteiger partial charge in [0.2, 0.25) is 0 Å². The number of carboxylic acid groups (broad SMARTS) is 1. The maximum Gasteiger partial charge on any atom is 0.337 e. The van der Waals surface area contributed by atoms with Crippen LogP contribution in [0.2, 0.25) is 0 Å². The van der Waals surface area contributed by atoms with E-state index < -0.39 is 29.3 Å². The highest BCUT2D eigenvalue weighted by atomic mass is 19.2. The Morgan fingerprint density at radius 2 is 1.71 bits per heavy atom. The smallest absolute Gasteiger partial charge is 0.337 e. The predicted octanol–water partition coefficient (Wildman–Crippen LogP) is 8.08. The first-order valence-electron chi connectivity index (χ1n) is 16.0. The van der Waals surface area contributed by atoms with Gasteiger partial charge in [0.25, 0.3) is 0 Å². The van der Waals surface area contributed by atoms with Crippen LogP contribution in [0.5, 0.6) is 0 Å². The fourth-order valence-corrected chi connectivity index (χ4v) is 6.80. The molecule has 5 rings (SSSR count). The van der Waals surface area contributed by atoms with Crippen molar-refractivity contribution < 1.29 is 23.4 Å². The lowest BCUT2D eigenvalue weighted by Crippen LogP contribution is -2.39. The molecule has 1 saturated heterocycles. The lowest BCUT2D eigenvalue weighted by Gasteiger charge is -2.41. The van der Waals surface area contributed by atoms with E-state index in [0.717, 1.165) is 67.0 Å². The summed E-state index contributed by atoms with van der Waals surface area (Å²) in [7, 11) is 0. The largest absolute Gasteiger partial charge is 0.479 e. The normalized spacial score (nSPS) is 17.7. The van der Waals surface area contributed by atoms with Crippen LogP contribution in [0.4, 0.5) is 14.5 Å². The molecule has 8 heteroatoms. The molecule has 2 aliphatic rings. The number of halogens is 2. The molecule has 0 saturated carbocycles. The monoisotopic (exact) mass is 619 g/mol. The van der Waals surface area contributed by atoms with Gasteiger partial charge >= 0.3 is 5.97 Å². The Bertz CT molecular complexity index is 1580. The van der Waals surface area contributed by atoms with Gasteiger partial charge in [-0.05, 0) is 100 Å². The van der Waals surface area contributed by atoms with Gasteiger partial charge in [-0.1, -0.05) is 38.1 Å². The molecule has 0 amide bonds. The quantitative estimate of drug-likeness (QED) is 0.289. The van der Waals surface area contributed by atoms with Crippen LogP contribution in [0.25, 0.3) is 11.1 Å². The number of aliphatic carboxylic acids is 1. The van der Waals surface area contributed by atoms with E-state index in [9.17, 15) is 18.7 Å². The molecule has 6 nitrogen and oxygen atoms in total. The number of hydrogen-bond donors (Lipinski definition) is 1. The lowest BCUT2D eigenvalue weighted by molar-refractivity contribution is -0.160. The number of rotatable bonds is 7. The van der Waals surface area contributed by atoms with E-state index in [-0.39, 0.29) is 5.41 Å². The Kier molecular flexibility index (Phi) is 9.13. The predicted molar refractivity (Wildman–Crippen MR) is 175 cm³/mol. The average molecular weight is 620 g/mol. The molecule has 2 aromatic carbocycles. The fourth-order valence-electron chi connectivity index (χ4n) is 6.80. The van der Waals surface area contributed by atoms with Crippen molar-refractivity contribution in [1.29, 1.82) is 0 Å². The van der Waals surface area contributed by atoms with E-state index in [4.69, 9.17) is 9.72 Å². The van der Waals surface area contributed by atoms with Crippen molar-refractivity contribution in [2.24, 2.45) is 5.41 Å². The summed E-state index contributed by atoms with van der Waals surface area (Å²) >= 11 is 0. The van der Waals surface area contributed by atoms with Crippen molar-refractivity contribution in [3.63, 3.8) is 0 Å². The van der Waals surface area contributed by atoms with Crippen LogP contribution in [0.15, 0.2) is 30.3 Å². The van der Waals surface area contributed by atoms with Gasteiger partial charge in [-0.3, -0.25) is 9.88 Å². The maximum absolute atomic E-state index is 14.1. The average Bonchev–Trinajstić information content (AvgIpc) is 2.94. The highest BCUT2D eigenvalue weighted by Gasteiger charge is 2.36. The van der Waals surface area contributed by atoms with E-state index in [1.807, 2.05) is 34.6 Å². The topological polar surface area (TPSA) is 65.9 Å². The zero-order valence-electron chi connectivity index (χ0n) is 28.0. The van der Waals surface area contributed by atoms with Gasteiger partial charge in [-0.2, -0.15) is 0 Å². The van der Waals surface area contributed by atoms with Gasteiger partial charge in [-0.25, -0.2) is 13.6 Å². The molecule has 1 fully saturated rings. The number of hydrogen-bond acceptors (Lipinski definition) is 5. The zero-order valence-corrected chi connectivity index (χ0v) is 28.0. The number of pyridine rings is 1. The van der Waals surface area contributed by atoms with Gasteiger partial charge in [0.15, 0.2) is 17.7 Å². The van der Waals surface area contributed by atoms with Crippen molar-refractivity contribution >= 4 is 11.7 Å². The molecule has 0 radical (unpaired) electrons. The number of anilines is 1. The van der Waals surface area contributed by atoms with Crippen molar-refractivity contribution in [3.8, 4) is 11.1 Å². The van der Waals surface area contributed by atoms with Crippen LogP contribution in [0, 0.1) is 37.8 Å². The van der Waals surface area contributed by atoms with E-state index in [0.29, 0.717) is 29.9 Å². The Morgan fingerprint density at radius 3 is 2.33 bits per heavy atom. The molecule has 1 unspecified atom stereocenters. The summed E-state index contributed by atoms with van der Waals surface area (Å²) < 4.78 is 34.1. The lowest BCUT2D eigenvalue weighted by atomic mass is 9.81. The van der Waals surface area contributed by atoms with Gasteiger partial charge in [0.1, 0.15) is 0 Å². The summed E-state index contributed by atoms with van der Waals surface area (Å²) in [5, 5.41) is 10.5. The number of aryl methyl sites for hydroxylation is 3. The number of benzene rings is 2. The standard InChI is InChI=1S/C37H47F2N3O3/c1-22-17-25(18-29(38)32(22)39)20-41-14-11-26-19-27(9-10-28(26)21-41)30-23(2)40-24(3)31(34(35(43)44)45-36(4,5)6)33(30)42-15-12-37(7,8)13-16-42/h9-10,17-19,34H,11-16,20-21H2,1-8H3,(H,43,44).